The third-order valence-corrected chi connectivity index (χ3v) is 6.95. The summed E-state index contributed by atoms with van der Waals surface area (Å²) in [6.45, 7) is 9.84. The van der Waals surface area contributed by atoms with E-state index in [9.17, 15) is 4.79 Å². The molecule has 0 radical (unpaired) electrons. The minimum absolute atomic E-state index is 0.184. The third-order valence-electron chi connectivity index (χ3n) is 6.95. The Kier molecular flexibility index (Phi) is 6.32. The molecule has 0 spiro atoms. The monoisotopic (exact) mass is 435 g/mol. The van der Waals surface area contributed by atoms with Crippen molar-refractivity contribution in [3.63, 3.8) is 0 Å². The highest BCUT2D eigenvalue weighted by molar-refractivity contribution is 5.79. The number of piperazine rings is 1. The van der Waals surface area contributed by atoms with Gasteiger partial charge in [0, 0.05) is 45.2 Å². The van der Waals surface area contributed by atoms with Crippen LogP contribution in [0.1, 0.15) is 29.5 Å². The average Bonchev–Trinajstić information content (AvgIpc) is 3.28. The fourth-order valence-electron chi connectivity index (χ4n) is 5.09. The number of benzene rings is 2. The molecule has 2 aromatic carbocycles. The fraction of sp³-hybridized carbons (Fsp3) is 0.500. The minimum atomic E-state index is 0.184. The van der Waals surface area contributed by atoms with E-state index in [1.54, 1.807) is 0 Å². The minimum Gasteiger partial charge on any atom is -0.454 e. The molecule has 6 nitrogen and oxygen atoms in total. The Morgan fingerprint density at radius 1 is 0.844 bits per heavy atom. The van der Waals surface area contributed by atoms with Crippen LogP contribution in [-0.2, 0) is 17.9 Å². The van der Waals surface area contributed by atoms with Crippen LogP contribution in [-0.4, -0.2) is 66.7 Å². The van der Waals surface area contributed by atoms with Crippen LogP contribution in [0, 0.1) is 12.8 Å². The average molecular weight is 436 g/mol. The second-order valence-corrected chi connectivity index (χ2v) is 9.33. The molecular formula is C26H33N3O3. The van der Waals surface area contributed by atoms with E-state index < -0.39 is 0 Å². The van der Waals surface area contributed by atoms with Crippen LogP contribution in [0.2, 0.25) is 0 Å². The quantitative estimate of drug-likeness (QED) is 0.721. The summed E-state index contributed by atoms with van der Waals surface area (Å²) in [5, 5.41) is 0. The van der Waals surface area contributed by atoms with Gasteiger partial charge in [-0.05, 0) is 56.1 Å². The number of amides is 1. The van der Waals surface area contributed by atoms with Gasteiger partial charge in [-0.15, -0.1) is 0 Å². The molecule has 6 heteroatoms. The standard InChI is InChI=1S/C26H33N3O3/c1-20-3-2-4-21(15-20)17-27-9-7-23(8-10-27)26(30)29-13-11-28(12-14-29)18-22-5-6-24-25(16-22)32-19-31-24/h2-6,15-16,23H,7-14,17-19H2,1H3. The van der Waals surface area contributed by atoms with Gasteiger partial charge in [-0.3, -0.25) is 14.6 Å². The van der Waals surface area contributed by atoms with Gasteiger partial charge in [0.25, 0.3) is 0 Å². The summed E-state index contributed by atoms with van der Waals surface area (Å²) in [6.07, 6.45) is 1.95. The second-order valence-electron chi connectivity index (χ2n) is 9.33. The molecular weight excluding hydrogens is 402 g/mol. The summed E-state index contributed by atoms with van der Waals surface area (Å²) in [5.41, 5.74) is 3.91. The highest BCUT2D eigenvalue weighted by atomic mass is 16.7. The largest absolute Gasteiger partial charge is 0.454 e. The first-order chi connectivity index (χ1) is 15.6. The highest BCUT2D eigenvalue weighted by Gasteiger charge is 2.30. The van der Waals surface area contributed by atoms with Crippen LogP contribution in [0.4, 0.5) is 0 Å². The van der Waals surface area contributed by atoms with Crippen LogP contribution in [0.15, 0.2) is 42.5 Å². The van der Waals surface area contributed by atoms with E-state index >= 15 is 0 Å². The normalized spacial score (nSPS) is 20.0. The predicted octanol–water partition coefficient (Wildman–Crippen LogP) is 3.28. The lowest BCUT2D eigenvalue weighted by atomic mass is 9.94. The molecule has 0 aromatic heterocycles. The Balaban J connectivity index is 1.06. The van der Waals surface area contributed by atoms with Crippen LogP contribution >= 0.6 is 0 Å². The van der Waals surface area contributed by atoms with Crippen molar-refractivity contribution in [1.82, 2.24) is 14.7 Å². The van der Waals surface area contributed by atoms with Gasteiger partial charge in [0.05, 0.1) is 0 Å². The summed E-state index contributed by atoms with van der Waals surface area (Å²) >= 11 is 0. The van der Waals surface area contributed by atoms with Gasteiger partial charge in [-0.1, -0.05) is 35.9 Å². The SMILES string of the molecule is Cc1cccc(CN2CCC(C(=O)N3CCN(Cc4ccc5c(c4)OCO5)CC3)CC2)c1. The number of hydrogen-bond acceptors (Lipinski definition) is 5. The summed E-state index contributed by atoms with van der Waals surface area (Å²) < 4.78 is 10.9. The predicted molar refractivity (Wildman–Crippen MR) is 124 cm³/mol. The Morgan fingerprint density at radius 3 is 2.28 bits per heavy atom. The molecule has 170 valence electrons. The number of carbonyl (C=O) groups excluding carboxylic acids is 1. The molecule has 3 aliphatic rings. The van der Waals surface area contributed by atoms with E-state index in [4.69, 9.17) is 9.47 Å². The van der Waals surface area contributed by atoms with E-state index in [0.717, 1.165) is 76.7 Å². The topological polar surface area (TPSA) is 45.3 Å². The molecule has 1 amide bonds. The van der Waals surface area contributed by atoms with Gasteiger partial charge in [0.1, 0.15) is 0 Å². The van der Waals surface area contributed by atoms with Crippen molar-refractivity contribution in [3.8, 4) is 11.5 Å². The van der Waals surface area contributed by atoms with Crippen molar-refractivity contribution >= 4 is 5.91 Å². The molecule has 0 bridgehead atoms. The molecule has 5 rings (SSSR count). The maximum atomic E-state index is 13.1. The summed E-state index contributed by atoms with van der Waals surface area (Å²) in [5.74, 6) is 2.21. The zero-order chi connectivity index (χ0) is 21.9. The summed E-state index contributed by atoms with van der Waals surface area (Å²) in [6, 6.07) is 14.9. The molecule has 0 N–H and O–H groups in total. The fourth-order valence-corrected chi connectivity index (χ4v) is 5.09. The molecule has 2 saturated heterocycles. The second kappa shape index (κ2) is 9.51. The number of ether oxygens (including phenoxy) is 2. The van der Waals surface area contributed by atoms with Gasteiger partial charge < -0.3 is 14.4 Å². The zero-order valence-corrected chi connectivity index (χ0v) is 19.0. The first-order valence-electron chi connectivity index (χ1n) is 11.8. The van der Waals surface area contributed by atoms with Crippen LogP contribution in [0.3, 0.4) is 0 Å². The number of carbonyl (C=O) groups is 1. The van der Waals surface area contributed by atoms with E-state index in [2.05, 4.69) is 58.0 Å². The maximum Gasteiger partial charge on any atom is 0.231 e. The Bertz CT molecular complexity index is 947. The van der Waals surface area contributed by atoms with E-state index in [1.807, 2.05) is 6.07 Å². The molecule has 0 saturated carbocycles. The van der Waals surface area contributed by atoms with Crippen molar-refractivity contribution in [2.75, 3.05) is 46.1 Å². The van der Waals surface area contributed by atoms with Crippen molar-refractivity contribution < 1.29 is 14.3 Å². The molecule has 0 atom stereocenters. The van der Waals surface area contributed by atoms with Crippen molar-refractivity contribution in [3.05, 3.63) is 59.2 Å². The van der Waals surface area contributed by atoms with Crippen molar-refractivity contribution in [2.45, 2.75) is 32.9 Å². The zero-order valence-electron chi connectivity index (χ0n) is 19.0. The number of piperidine rings is 1. The van der Waals surface area contributed by atoms with Gasteiger partial charge >= 0.3 is 0 Å². The lowest BCUT2D eigenvalue weighted by Gasteiger charge is -2.38. The summed E-state index contributed by atoms with van der Waals surface area (Å²) in [7, 11) is 0. The summed E-state index contributed by atoms with van der Waals surface area (Å²) in [4.78, 5) is 20.1. The van der Waals surface area contributed by atoms with E-state index in [1.165, 1.54) is 16.7 Å². The van der Waals surface area contributed by atoms with Gasteiger partial charge in [-0.25, -0.2) is 0 Å². The number of fused-ring (bicyclic) bond motifs is 1. The lowest BCUT2D eigenvalue weighted by Crippen LogP contribution is -2.51. The van der Waals surface area contributed by atoms with Crippen molar-refractivity contribution in [1.29, 1.82) is 0 Å². The van der Waals surface area contributed by atoms with Crippen LogP contribution in [0.25, 0.3) is 0 Å². The van der Waals surface area contributed by atoms with Crippen LogP contribution in [0.5, 0.6) is 11.5 Å². The maximum absolute atomic E-state index is 13.1. The smallest absolute Gasteiger partial charge is 0.231 e. The Hall–Kier alpha value is -2.57. The van der Waals surface area contributed by atoms with E-state index in [-0.39, 0.29) is 5.92 Å². The molecule has 0 unspecified atom stereocenters. The van der Waals surface area contributed by atoms with E-state index in [0.29, 0.717) is 12.7 Å². The highest BCUT2D eigenvalue weighted by Crippen LogP contribution is 2.33. The number of aryl methyl sites for hydroxylation is 1. The first-order valence-corrected chi connectivity index (χ1v) is 11.8. The lowest BCUT2D eigenvalue weighted by molar-refractivity contribution is -0.139. The first kappa shape index (κ1) is 21.3. The molecule has 2 aromatic rings. The number of nitrogens with zero attached hydrogens (tertiary/aromatic N) is 3. The molecule has 3 heterocycles. The molecule has 2 fully saturated rings. The van der Waals surface area contributed by atoms with Crippen molar-refractivity contribution in [2.24, 2.45) is 5.92 Å². The number of hydrogen-bond donors (Lipinski definition) is 0. The Labute approximate surface area is 190 Å². The Morgan fingerprint density at radius 2 is 1.53 bits per heavy atom. The third kappa shape index (κ3) is 4.92. The van der Waals surface area contributed by atoms with Gasteiger partial charge in [-0.2, -0.15) is 0 Å². The molecule has 3 aliphatic heterocycles. The number of rotatable bonds is 5. The molecule has 32 heavy (non-hydrogen) atoms. The van der Waals surface area contributed by atoms with Crippen LogP contribution < -0.4 is 9.47 Å². The number of likely N-dealkylation sites (tertiary alicyclic amines) is 1. The van der Waals surface area contributed by atoms with Gasteiger partial charge in [0.2, 0.25) is 12.7 Å². The molecule has 0 aliphatic carbocycles. The van der Waals surface area contributed by atoms with Gasteiger partial charge in [0.15, 0.2) is 11.5 Å².